The molecule has 17 heavy (non-hydrogen) atoms. The summed E-state index contributed by atoms with van der Waals surface area (Å²) in [6.07, 6.45) is -0.825. The standard InChI is InChI=1S/C11H14N2O3S/c1-3-16-11(15)6-4-5-9(14)12-10-7-8(2)13-17-10/h7,11,15H,3,6H2,1-2H3,(H,12,14). The molecule has 0 fully saturated rings. The number of ether oxygens (including phenoxy) is 1. The molecule has 0 aliphatic carbocycles. The number of anilines is 1. The summed E-state index contributed by atoms with van der Waals surface area (Å²) in [7, 11) is 0. The van der Waals surface area contributed by atoms with Gasteiger partial charge in [-0.2, -0.15) is 4.37 Å². The van der Waals surface area contributed by atoms with Gasteiger partial charge in [0.15, 0.2) is 6.29 Å². The van der Waals surface area contributed by atoms with Crippen LogP contribution in [0.15, 0.2) is 6.07 Å². The van der Waals surface area contributed by atoms with Crippen LogP contribution in [-0.2, 0) is 9.53 Å². The van der Waals surface area contributed by atoms with E-state index in [2.05, 4.69) is 21.5 Å². The Morgan fingerprint density at radius 2 is 2.53 bits per heavy atom. The SMILES string of the molecule is CCOC(O)CC#CC(=O)Nc1cc(C)ns1. The van der Waals surface area contributed by atoms with Gasteiger partial charge in [0, 0.05) is 6.61 Å². The van der Waals surface area contributed by atoms with E-state index in [9.17, 15) is 9.90 Å². The zero-order valence-electron chi connectivity index (χ0n) is 9.69. The van der Waals surface area contributed by atoms with E-state index in [-0.39, 0.29) is 6.42 Å². The third kappa shape index (κ3) is 5.45. The van der Waals surface area contributed by atoms with Crippen molar-refractivity contribution in [3.05, 3.63) is 11.8 Å². The van der Waals surface area contributed by atoms with Crippen molar-refractivity contribution >= 4 is 22.4 Å². The van der Waals surface area contributed by atoms with Crippen molar-refractivity contribution in [1.29, 1.82) is 0 Å². The Kier molecular flexibility index (Phi) is 5.63. The van der Waals surface area contributed by atoms with Crippen molar-refractivity contribution < 1.29 is 14.6 Å². The predicted octanol–water partition coefficient (Wildman–Crippen LogP) is 1.14. The number of nitrogens with one attached hydrogen (secondary N) is 1. The number of amides is 1. The molecule has 1 atom stereocenters. The van der Waals surface area contributed by atoms with Crippen LogP contribution >= 0.6 is 11.5 Å². The zero-order chi connectivity index (χ0) is 12.7. The molecule has 0 aliphatic heterocycles. The Morgan fingerprint density at radius 3 is 3.12 bits per heavy atom. The number of aliphatic hydroxyl groups excluding tert-OH is 1. The Hall–Kier alpha value is -1.42. The highest BCUT2D eigenvalue weighted by atomic mass is 32.1. The molecule has 2 N–H and O–H groups in total. The average Bonchev–Trinajstić information content (AvgIpc) is 2.64. The topological polar surface area (TPSA) is 71.5 Å². The number of nitrogens with zero attached hydrogens (tertiary/aromatic N) is 1. The van der Waals surface area contributed by atoms with E-state index in [0.29, 0.717) is 11.6 Å². The summed E-state index contributed by atoms with van der Waals surface area (Å²) in [6, 6.07) is 1.76. The highest BCUT2D eigenvalue weighted by Crippen LogP contribution is 2.14. The van der Waals surface area contributed by atoms with Gasteiger partial charge in [0.05, 0.1) is 12.1 Å². The largest absolute Gasteiger partial charge is 0.367 e. The van der Waals surface area contributed by atoms with Crippen LogP contribution in [0.4, 0.5) is 5.00 Å². The maximum absolute atomic E-state index is 11.3. The molecule has 1 aromatic heterocycles. The van der Waals surface area contributed by atoms with E-state index in [4.69, 9.17) is 4.74 Å². The summed E-state index contributed by atoms with van der Waals surface area (Å²) in [5.74, 6) is 4.49. The molecular formula is C11H14N2O3S. The number of carbonyl (C=O) groups excluding carboxylic acids is 1. The van der Waals surface area contributed by atoms with Gasteiger partial charge in [0.1, 0.15) is 5.00 Å². The van der Waals surface area contributed by atoms with E-state index in [1.54, 1.807) is 13.0 Å². The Labute approximate surface area is 104 Å². The van der Waals surface area contributed by atoms with Gasteiger partial charge in [-0.15, -0.1) is 0 Å². The zero-order valence-corrected chi connectivity index (χ0v) is 10.5. The van der Waals surface area contributed by atoms with Gasteiger partial charge < -0.3 is 15.2 Å². The molecule has 0 spiro atoms. The smallest absolute Gasteiger partial charge is 0.300 e. The summed E-state index contributed by atoms with van der Waals surface area (Å²) in [4.78, 5) is 11.3. The first-order valence-electron chi connectivity index (χ1n) is 5.14. The van der Waals surface area contributed by atoms with Crippen molar-refractivity contribution in [2.45, 2.75) is 26.6 Å². The molecule has 1 heterocycles. The molecule has 1 amide bonds. The van der Waals surface area contributed by atoms with Crippen molar-refractivity contribution in [2.75, 3.05) is 11.9 Å². The summed E-state index contributed by atoms with van der Waals surface area (Å²) < 4.78 is 8.88. The molecule has 1 rings (SSSR count). The van der Waals surface area contributed by atoms with Crippen LogP contribution in [-0.4, -0.2) is 28.3 Å². The van der Waals surface area contributed by atoms with Gasteiger partial charge in [0.2, 0.25) is 0 Å². The molecule has 0 aromatic carbocycles. The van der Waals surface area contributed by atoms with Crippen LogP contribution in [0, 0.1) is 18.8 Å². The van der Waals surface area contributed by atoms with E-state index in [0.717, 1.165) is 5.69 Å². The number of hydrogen-bond acceptors (Lipinski definition) is 5. The van der Waals surface area contributed by atoms with Gasteiger partial charge in [-0.1, -0.05) is 5.92 Å². The third-order valence-corrected chi connectivity index (χ3v) is 2.50. The monoisotopic (exact) mass is 254 g/mol. The first kappa shape index (κ1) is 13.6. The fourth-order valence-corrected chi connectivity index (χ4v) is 1.69. The van der Waals surface area contributed by atoms with Crippen LogP contribution in [0.3, 0.4) is 0 Å². The Morgan fingerprint density at radius 1 is 1.76 bits per heavy atom. The lowest BCUT2D eigenvalue weighted by atomic mass is 10.4. The lowest BCUT2D eigenvalue weighted by molar-refractivity contribution is -0.111. The molecule has 0 radical (unpaired) electrons. The van der Waals surface area contributed by atoms with Gasteiger partial charge in [-0.05, 0) is 37.4 Å². The average molecular weight is 254 g/mol. The van der Waals surface area contributed by atoms with Crippen LogP contribution in [0.2, 0.25) is 0 Å². The normalized spacial score (nSPS) is 11.5. The number of rotatable bonds is 4. The summed E-state index contributed by atoms with van der Waals surface area (Å²) in [6.45, 7) is 4.03. The first-order valence-corrected chi connectivity index (χ1v) is 5.92. The molecular weight excluding hydrogens is 240 g/mol. The minimum absolute atomic E-state index is 0.114. The summed E-state index contributed by atoms with van der Waals surface area (Å²) >= 11 is 1.20. The van der Waals surface area contributed by atoms with Gasteiger partial charge in [0.25, 0.3) is 0 Å². The van der Waals surface area contributed by atoms with Gasteiger partial charge in [-0.3, -0.25) is 4.79 Å². The lowest BCUT2D eigenvalue weighted by Crippen LogP contribution is -2.11. The number of hydrogen-bond donors (Lipinski definition) is 2. The molecule has 0 saturated heterocycles. The summed E-state index contributed by atoms with van der Waals surface area (Å²) in [5.41, 5.74) is 0.852. The minimum Gasteiger partial charge on any atom is -0.367 e. The van der Waals surface area contributed by atoms with Crippen molar-refractivity contribution in [1.82, 2.24) is 4.37 Å². The quantitative estimate of drug-likeness (QED) is 0.624. The van der Waals surface area contributed by atoms with E-state index in [1.165, 1.54) is 11.5 Å². The van der Waals surface area contributed by atoms with Crippen molar-refractivity contribution in [2.24, 2.45) is 0 Å². The second-order valence-corrected chi connectivity index (χ2v) is 4.01. The van der Waals surface area contributed by atoms with Crippen molar-refractivity contribution in [3.63, 3.8) is 0 Å². The number of aromatic nitrogens is 1. The molecule has 1 aromatic rings. The van der Waals surface area contributed by atoms with Crippen LogP contribution < -0.4 is 5.32 Å². The molecule has 0 saturated carbocycles. The molecule has 1 unspecified atom stereocenters. The molecule has 0 bridgehead atoms. The fraction of sp³-hybridized carbons (Fsp3) is 0.455. The summed E-state index contributed by atoms with van der Waals surface area (Å²) in [5, 5.41) is 12.4. The van der Waals surface area contributed by atoms with Gasteiger partial charge in [-0.25, -0.2) is 0 Å². The highest BCUT2D eigenvalue weighted by molar-refractivity contribution is 7.10. The maximum Gasteiger partial charge on any atom is 0.300 e. The minimum atomic E-state index is -0.939. The number of aryl methyl sites for hydroxylation is 1. The van der Waals surface area contributed by atoms with E-state index < -0.39 is 12.2 Å². The van der Waals surface area contributed by atoms with Gasteiger partial charge >= 0.3 is 5.91 Å². The number of aliphatic hydroxyl groups is 1. The fourth-order valence-electron chi connectivity index (χ4n) is 1.04. The second kappa shape index (κ2) is 7.01. The third-order valence-electron chi connectivity index (χ3n) is 1.70. The van der Waals surface area contributed by atoms with Crippen molar-refractivity contribution in [3.8, 4) is 11.8 Å². The predicted molar refractivity (Wildman–Crippen MR) is 65.5 cm³/mol. The van der Waals surface area contributed by atoms with Crippen LogP contribution in [0.25, 0.3) is 0 Å². The molecule has 6 heteroatoms. The van der Waals surface area contributed by atoms with E-state index in [1.807, 2.05) is 6.92 Å². The molecule has 92 valence electrons. The number of carbonyl (C=O) groups is 1. The van der Waals surface area contributed by atoms with Crippen LogP contribution in [0.5, 0.6) is 0 Å². The van der Waals surface area contributed by atoms with E-state index >= 15 is 0 Å². The Balaban J connectivity index is 2.37. The lowest BCUT2D eigenvalue weighted by Gasteiger charge is -2.04. The highest BCUT2D eigenvalue weighted by Gasteiger charge is 2.02. The second-order valence-electron chi connectivity index (χ2n) is 3.20. The molecule has 0 aliphatic rings. The van der Waals surface area contributed by atoms with Crippen LogP contribution in [0.1, 0.15) is 19.0 Å². The maximum atomic E-state index is 11.3. The molecule has 5 nitrogen and oxygen atoms in total. The Bertz CT molecular complexity index is 433. The first-order chi connectivity index (χ1) is 8.11.